The Balaban J connectivity index is 1.69. The third-order valence-corrected chi connectivity index (χ3v) is 7.10. The van der Waals surface area contributed by atoms with E-state index >= 15 is 0 Å². The first-order valence-corrected chi connectivity index (χ1v) is 9.82. The summed E-state index contributed by atoms with van der Waals surface area (Å²) in [5.74, 6) is -0.269. The Morgan fingerprint density at radius 1 is 1.30 bits per heavy atom. The molecule has 1 aliphatic heterocycles. The standard InChI is InChI=1S/C17H21F2N2OP/c1-11(2)17-9-21(10-23(17)3)8-13-7-16(20-22-13)12-4-5-14(18)15(19)6-12/h4-7,11,17H,8-10H2,1-3H3. The first-order chi connectivity index (χ1) is 10.9. The average molecular weight is 338 g/mol. The summed E-state index contributed by atoms with van der Waals surface area (Å²) in [4.78, 5) is 2.39. The average Bonchev–Trinajstić information content (AvgIpc) is 3.09. The minimum absolute atomic E-state index is 0.0242. The molecule has 0 saturated carbocycles. The van der Waals surface area contributed by atoms with Crippen molar-refractivity contribution in [1.29, 1.82) is 0 Å². The van der Waals surface area contributed by atoms with Gasteiger partial charge in [-0.05, 0) is 36.4 Å². The molecule has 124 valence electrons. The zero-order valence-electron chi connectivity index (χ0n) is 13.6. The molecule has 1 fully saturated rings. The van der Waals surface area contributed by atoms with Crippen LogP contribution in [0.1, 0.15) is 19.6 Å². The zero-order valence-corrected chi connectivity index (χ0v) is 14.5. The quantitative estimate of drug-likeness (QED) is 0.767. The molecular formula is C17H21F2N2OP. The van der Waals surface area contributed by atoms with E-state index in [-0.39, 0.29) is 7.92 Å². The van der Waals surface area contributed by atoms with Crippen molar-refractivity contribution in [3.05, 3.63) is 41.7 Å². The van der Waals surface area contributed by atoms with Crippen LogP contribution in [0, 0.1) is 17.6 Å². The molecule has 1 aromatic carbocycles. The van der Waals surface area contributed by atoms with Gasteiger partial charge in [0.1, 0.15) is 5.69 Å². The highest BCUT2D eigenvalue weighted by Gasteiger charge is 2.31. The van der Waals surface area contributed by atoms with Gasteiger partial charge >= 0.3 is 0 Å². The Kier molecular flexibility index (Phi) is 4.79. The summed E-state index contributed by atoms with van der Waals surface area (Å²) in [6.07, 6.45) is 1.11. The van der Waals surface area contributed by atoms with Crippen molar-refractivity contribution in [3.8, 4) is 11.3 Å². The molecule has 0 spiro atoms. The van der Waals surface area contributed by atoms with Crippen LogP contribution in [0.15, 0.2) is 28.8 Å². The maximum absolute atomic E-state index is 13.3. The Labute approximate surface area is 136 Å². The van der Waals surface area contributed by atoms with Crippen LogP contribution in [0.25, 0.3) is 11.3 Å². The second-order valence-electron chi connectivity index (χ2n) is 6.53. The lowest BCUT2D eigenvalue weighted by atomic mass is 10.1. The Morgan fingerprint density at radius 2 is 2.09 bits per heavy atom. The van der Waals surface area contributed by atoms with Gasteiger partial charge in [0.2, 0.25) is 0 Å². The smallest absolute Gasteiger partial charge is 0.159 e. The summed E-state index contributed by atoms with van der Waals surface area (Å²) < 4.78 is 31.7. The van der Waals surface area contributed by atoms with Crippen molar-refractivity contribution in [2.24, 2.45) is 5.92 Å². The van der Waals surface area contributed by atoms with E-state index in [1.54, 1.807) is 0 Å². The Hall–Kier alpha value is -1.32. The molecule has 0 N–H and O–H groups in total. The normalized spacial score (nSPS) is 22.2. The van der Waals surface area contributed by atoms with Crippen molar-refractivity contribution >= 4 is 7.92 Å². The van der Waals surface area contributed by atoms with Gasteiger partial charge in [-0.2, -0.15) is 0 Å². The molecule has 2 heterocycles. The van der Waals surface area contributed by atoms with E-state index in [0.29, 0.717) is 23.7 Å². The lowest BCUT2D eigenvalue weighted by Gasteiger charge is -2.18. The maximum Gasteiger partial charge on any atom is 0.159 e. The highest BCUT2D eigenvalue weighted by atomic mass is 31.1. The van der Waals surface area contributed by atoms with Gasteiger partial charge in [-0.1, -0.05) is 26.9 Å². The fraction of sp³-hybridized carbons (Fsp3) is 0.471. The van der Waals surface area contributed by atoms with Crippen molar-refractivity contribution < 1.29 is 13.3 Å². The molecule has 1 aliphatic rings. The number of rotatable bonds is 4. The molecule has 23 heavy (non-hydrogen) atoms. The fourth-order valence-corrected chi connectivity index (χ4v) is 5.70. The SMILES string of the molecule is CC(C)C1CN(Cc2cc(-c3ccc(F)c(F)c3)no2)CP1C. The van der Waals surface area contributed by atoms with Gasteiger partial charge < -0.3 is 4.52 Å². The second-order valence-corrected chi connectivity index (χ2v) is 8.99. The molecule has 2 unspecified atom stereocenters. The molecule has 6 heteroatoms. The first-order valence-electron chi connectivity index (χ1n) is 7.77. The Bertz CT molecular complexity index is 689. The van der Waals surface area contributed by atoms with E-state index in [0.717, 1.165) is 36.4 Å². The van der Waals surface area contributed by atoms with Crippen LogP contribution in [-0.2, 0) is 6.54 Å². The minimum atomic E-state index is -0.872. The van der Waals surface area contributed by atoms with E-state index in [2.05, 4.69) is 30.6 Å². The Morgan fingerprint density at radius 3 is 2.74 bits per heavy atom. The van der Waals surface area contributed by atoms with Crippen LogP contribution < -0.4 is 0 Å². The number of hydrogen-bond acceptors (Lipinski definition) is 3. The largest absolute Gasteiger partial charge is 0.359 e. The summed E-state index contributed by atoms with van der Waals surface area (Å²) in [5.41, 5.74) is 1.83. The van der Waals surface area contributed by atoms with Gasteiger partial charge in [0.05, 0.1) is 6.54 Å². The number of hydrogen-bond donors (Lipinski definition) is 0. The molecule has 2 aromatic rings. The topological polar surface area (TPSA) is 29.3 Å². The summed E-state index contributed by atoms with van der Waals surface area (Å²) >= 11 is 0. The fourth-order valence-electron chi connectivity index (χ4n) is 3.12. The van der Waals surface area contributed by atoms with Crippen LogP contribution in [0.4, 0.5) is 8.78 Å². The molecular weight excluding hydrogens is 317 g/mol. The van der Waals surface area contributed by atoms with Crippen molar-refractivity contribution in [3.63, 3.8) is 0 Å². The van der Waals surface area contributed by atoms with E-state index in [4.69, 9.17) is 4.52 Å². The number of halogens is 2. The summed E-state index contributed by atoms with van der Waals surface area (Å²) in [6.45, 7) is 8.71. The van der Waals surface area contributed by atoms with Gasteiger partial charge in [-0.25, -0.2) is 8.78 Å². The van der Waals surface area contributed by atoms with Gasteiger partial charge in [0.15, 0.2) is 17.4 Å². The number of benzene rings is 1. The van der Waals surface area contributed by atoms with Crippen LogP contribution in [0.3, 0.4) is 0 Å². The first kappa shape index (κ1) is 16.5. The monoisotopic (exact) mass is 338 g/mol. The maximum atomic E-state index is 13.3. The summed E-state index contributed by atoms with van der Waals surface area (Å²) in [5, 5.41) is 3.99. The van der Waals surface area contributed by atoms with E-state index in [9.17, 15) is 8.78 Å². The third kappa shape index (κ3) is 3.61. The molecule has 1 aromatic heterocycles. The highest BCUT2D eigenvalue weighted by molar-refractivity contribution is 7.57. The minimum Gasteiger partial charge on any atom is -0.359 e. The van der Waals surface area contributed by atoms with E-state index < -0.39 is 11.6 Å². The summed E-state index contributed by atoms with van der Waals surface area (Å²) in [7, 11) is 0.0242. The lowest BCUT2D eigenvalue weighted by Crippen LogP contribution is -2.23. The molecule has 0 bridgehead atoms. The molecule has 0 radical (unpaired) electrons. The van der Waals surface area contributed by atoms with Gasteiger partial charge in [-0.15, -0.1) is 0 Å². The van der Waals surface area contributed by atoms with E-state index in [1.165, 1.54) is 6.07 Å². The third-order valence-electron chi connectivity index (χ3n) is 4.36. The molecule has 1 saturated heterocycles. The molecule has 0 aliphatic carbocycles. The van der Waals surface area contributed by atoms with Crippen molar-refractivity contribution in [1.82, 2.24) is 10.1 Å². The molecule has 3 rings (SSSR count). The van der Waals surface area contributed by atoms with E-state index in [1.807, 2.05) is 6.07 Å². The number of nitrogens with zero attached hydrogens (tertiary/aromatic N) is 2. The van der Waals surface area contributed by atoms with Crippen molar-refractivity contribution in [2.45, 2.75) is 26.1 Å². The van der Waals surface area contributed by atoms with Gasteiger partial charge in [0.25, 0.3) is 0 Å². The number of aromatic nitrogens is 1. The predicted molar refractivity (Wildman–Crippen MR) is 88.6 cm³/mol. The molecule has 0 amide bonds. The van der Waals surface area contributed by atoms with Crippen LogP contribution >= 0.6 is 7.92 Å². The highest BCUT2D eigenvalue weighted by Crippen LogP contribution is 2.47. The van der Waals surface area contributed by atoms with Crippen molar-refractivity contribution in [2.75, 3.05) is 19.5 Å². The zero-order chi connectivity index (χ0) is 16.6. The predicted octanol–water partition coefficient (Wildman–Crippen LogP) is 4.53. The molecule has 2 atom stereocenters. The molecule has 3 nitrogen and oxygen atoms in total. The lowest BCUT2D eigenvalue weighted by molar-refractivity contribution is 0.269. The van der Waals surface area contributed by atoms with Gasteiger partial charge in [0, 0.05) is 24.5 Å². The van der Waals surface area contributed by atoms with Crippen LogP contribution in [0.2, 0.25) is 0 Å². The van der Waals surface area contributed by atoms with Crippen LogP contribution in [-0.4, -0.2) is 35.2 Å². The van der Waals surface area contributed by atoms with Crippen LogP contribution in [0.5, 0.6) is 0 Å². The second kappa shape index (κ2) is 6.66. The van der Waals surface area contributed by atoms with Gasteiger partial charge in [-0.3, -0.25) is 4.90 Å². The summed E-state index contributed by atoms with van der Waals surface area (Å²) in [6, 6.07) is 5.58.